The second kappa shape index (κ2) is 5.72. The fourth-order valence-electron chi connectivity index (χ4n) is 2.88. The molecule has 2 heterocycles. The van der Waals surface area contributed by atoms with Gasteiger partial charge in [0.05, 0.1) is 12.6 Å². The number of carbonyl (C=O) groups is 1. The zero-order valence-electron chi connectivity index (χ0n) is 11.0. The Morgan fingerprint density at radius 1 is 1.32 bits per heavy atom. The van der Waals surface area contributed by atoms with Crippen LogP contribution in [0.3, 0.4) is 0 Å². The molecule has 2 aliphatic rings. The molecule has 1 N–H and O–H groups in total. The van der Waals surface area contributed by atoms with Gasteiger partial charge in [-0.25, -0.2) is 0 Å². The van der Waals surface area contributed by atoms with Crippen LogP contribution in [0.25, 0.3) is 0 Å². The first-order chi connectivity index (χ1) is 9.34. The zero-order chi connectivity index (χ0) is 13.1. The maximum absolute atomic E-state index is 12.0. The molecule has 19 heavy (non-hydrogen) atoms. The van der Waals surface area contributed by atoms with Crippen molar-refractivity contribution in [1.82, 2.24) is 10.2 Å². The van der Waals surface area contributed by atoms with E-state index in [4.69, 9.17) is 4.74 Å². The summed E-state index contributed by atoms with van der Waals surface area (Å²) in [6.45, 7) is 2.08. The highest BCUT2D eigenvalue weighted by atomic mass is 16.5. The standard InChI is InChI=1S/C15H20N2O2/c18-14-11-16-15(12-5-2-1-3-6-12)17(14)9-8-13-7-4-10-19-13/h1-3,5-6,13,15-16H,4,7-11H2. The number of carbonyl (C=O) groups excluding carboxylic acids is 1. The highest BCUT2D eigenvalue weighted by Crippen LogP contribution is 2.24. The van der Waals surface area contributed by atoms with E-state index < -0.39 is 0 Å². The first kappa shape index (κ1) is 12.6. The normalized spacial score (nSPS) is 27.2. The van der Waals surface area contributed by atoms with Gasteiger partial charge in [-0.15, -0.1) is 0 Å². The highest BCUT2D eigenvalue weighted by Gasteiger charge is 2.31. The maximum atomic E-state index is 12.0. The number of rotatable bonds is 4. The van der Waals surface area contributed by atoms with Crippen molar-refractivity contribution in [1.29, 1.82) is 0 Å². The summed E-state index contributed by atoms with van der Waals surface area (Å²) in [4.78, 5) is 13.9. The monoisotopic (exact) mass is 260 g/mol. The van der Waals surface area contributed by atoms with Crippen molar-refractivity contribution in [3.8, 4) is 0 Å². The van der Waals surface area contributed by atoms with Crippen LogP contribution in [0.2, 0.25) is 0 Å². The van der Waals surface area contributed by atoms with Gasteiger partial charge in [0.15, 0.2) is 0 Å². The van der Waals surface area contributed by atoms with Crippen LogP contribution in [-0.4, -0.2) is 36.6 Å². The molecule has 2 unspecified atom stereocenters. The molecule has 1 amide bonds. The summed E-state index contributed by atoms with van der Waals surface area (Å²) in [6, 6.07) is 10.2. The van der Waals surface area contributed by atoms with Gasteiger partial charge in [0.1, 0.15) is 6.17 Å². The predicted octanol–water partition coefficient (Wildman–Crippen LogP) is 1.69. The lowest BCUT2D eigenvalue weighted by atomic mass is 10.1. The molecule has 4 nitrogen and oxygen atoms in total. The number of hydrogen-bond donors (Lipinski definition) is 1. The van der Waals surface area contributed by atoms with Gasteiger partial charge in [-0.2, -0.15) is 0 Å². The van der Waals surface area contributed by atoms with Crippen LogP contribution in [0.1, 0.15) is 31.0 Å². The first-order valence-corrected chi connectivity index (χ1v) is 7.04. The molecule has 0 saturated carbocycles. The van der Waals surface area contributed by atoms with Gasteiger partial charge in [-0.05, 0) is 24.8 Å². The van der Waals surface area contributed by atoms with E-state index >= 15 is 0 Å². The number of amides is 1. The van der Waals surface area contributed by atoms with E-state index in [-0.39, 0.29) is 12.1 Å². The average molecular weight is 260 g/mol. The summed E-state index contributed by atoms with van der Waals surface area (Å²) < 4.78 is 5.63. The lowest BCUT2D eigenvalue weighted by Crippen LogP contribution is -2.32. The minimum Gasteiger partial charge on any atom is -0.378 e. The molecule has 102 valence electrons. The lowest BCUT2D eigenvalue weighted by molar-refractivity contribution is -0.128. The Balaban J connectivity index is 1.65. The van der Waals surface area contributed by atoms with Crippen LogP contribution in [0.15, 0.2) is 30.3 Å². The Labute approximate surface area is 113 Å². The summed E-state index contributed by atoms with van der Waals surface area (Å²) in [6.07, 6.45) is 3.58. The van der Waals surface area contributed by atoms with Gasteiger partial charge < -0.3 is 9.64 Å². The van der Waals surface area contributed by atoms with Gasteiger partial charge in [-0.3, -0.25) is 10.1 Å². The third-order valence-corrected chi connectivity index (χ3v) is 3.91. The highest BCUT2D eigenvalue weighted by molar-refractivity contribution is 5.80. The van der Waals surface area contributed by atoms with Gasteiger partial charge in [0.25, 0.3) is 0 Å². The number of hydrogen-bond acceptors (Lipinski definition) is 3. The fourth-order valence-corrected chi connectivity index (χ4v) is 2.88. The van der Waals surface area contributed by atoms with Crippen molar-refractivity contribution in [3.05, 3.63) is 35.9 Å². The predicted molar refractivity (Wildman–Crippen MR) is 72.5 cm³/mol. The van der Waals surface area contributed by atoms with E-state index in [0.717, 1.165) is 38.0 Å². The van der Waals surface area contributed by atoms with Crippen LogP contribution >= 0.6 is 0 Å². The molecule has 0 aromatic heterocycles. The smallest absolute Gasteiger partial charge is 0.238 e. The van der Waals surface area contributed by atoms with Crippen LogP contribution in [0, 0.1) is 0 Å². The Kier molecular flexibility index (Phi) is 3.80. The third-order valence-electron chi connectivity index (χ3n) is 3.91. The quantitative estimate of drug-likeness (QED) is 0.895. The minimum atomic E-state index is 0.0232. The molecule has 0 radical (unpaired) electrons. The summed E-state index contributed by atoms with van der Waals surface area (Å²) in [5.41, 5.74) is 1.15. The van der Waals surface area contributed by atoms with E-state index in [1.165, 1.54) is 0 Å². The molecule has 0 spiro atoms. The Bertz CT molecular complexity index is 429. The summed E-state index contributed by atoms with van der Waals surface area (Å²) in [7, 11) is 0. The average Bonchev–Trinajstić information content (AvgIpc) is 3.07. The van der Waals surface area contributed by atoms with E-state index in [0.29, 0.717) is 12.6 Å². The molecule has 4 heteroatoms. The topological polar surface area (TPSA) is 41.6 Å². The van der Waals surface area contributed by atoms with Gasteiger partial charge >= 0.3 is 0 Å². The molecule has 1 aromatic rings. The Hall–Kier alpha value is -1.39. The molecular formula is C15H20N2O2. The molecule has 3 rings (SSSR count). The van der Waals surface area contributed by atoms with Crippen molar-refractivity contribution >= 4 is 5.91 Å². The third kappa shape index (κ3) is 2.80. The Morgan fingerprint density at radius 3 is 2.89 bits per heavy atom. The van der Waals surface area contributed by atoms with Crippen molar-refractivity contribution in [2.45, 2.75) is 31.5 Å². The van der Waals surface area contributed by atoms with Gasteiger partial charge in [0, 0.05) is 13.2 Å². The summed E-state index contributed by atoms with van der Waals surface area (Å²) >= 11 is 0. The van der Waals surface area contributed by atoms with Crippen molar-refractivity contribution < 1.29 is 9.53 Å². The molecule has 2 atom stereocenters. The number of benzene rings is 1. The largest absolute Gasteiger partial charge is 0.378 e. The van der Waals surface area contributed by atoms with Gasteiger partial charge in [0.2, 0.25) is 5.91 Å². The Morgan fingerprint density at radius 2 is 2.16 bits per heavy atom. The number of ether oxygens (including phenoxy) is 1. The van der Waals surface area contributed by atoms with Crippen LogP contribution in [-0.2, 0) is 9.53 Å². The molecular weight excluding hydrogens is 240 g/mol. The second-order valence-electron chi connectivity index (χ2n) is 5.20. The van der Waals surface area contributed by atoms with Crippen LogP contribution in [0.4, 0.5) is 0 Å². The van der Waals surface area contributed by atoms with E-state index in [1.54, 1.807) is 0 Å². The molecule has 1 aromatic carbocycles. The molecule has 2 saturated heterocycles. The van der Waals surface area contributed by atoms with Crippen LogP contribution in [0.5, 0.6) is 0 Å². The van der Waals surface area contributed by atoms with E-state index in [9.17, 15) is 4.79 Å². The molecule has 0 aliphatic carbocycles. The summed E-state index contributed by atoms with van der Waals surface area (Å²) in [5, 5.41) is 3.28. The van der Waals surface area contributed by atoms with Crippen LogP contribution < -0.4 is 5.32 Å². The van der Waals surface area contributed by atoms with Crippen molar-refractivity contribution in [3.63, 3.8) is 0 Å². The SMILES string of the molecule is O=C1CNC(c2ccccc2)N1CCC1CCCO1. The van der Waals surface area contributed by atoms with E-state index in [2.05, 4.69) is 17.4 Å². The molecule has 0 bridgehead atoms. The number of nitrogens with one attached hydrogen (secondary N) is 1. The van der Waals surface area contributed by atoms with Gasteiger partial charge in [-0.1, -0.05) is 30.3 Å². The van der Waals surface area contributed by atoms with Crippen molar-refractivity contribution in [2.24, 2.45) is 0 Å². The lowest BCUT2D eigenvalue weighted by Gasteiger charge is -2.25. The number of nitrogens with zero attached hydrogens (tertiary/aromatic N) is 1. The molecule has 2 aliphatic heterocycles. The first-order valence-electron chi connectivity index (χ1n) is 7.04. The van der Waals surface area contributed by atoms with Crippen molar-refractivity contribution in [2.75, 3.05) is 19.7 Å². The maximum Gasteiger partial charge on any atom is 0.238 e. The minimum absolute atomic E-state index is 0.0232. The molecule has 2 fully saturated rings. The second-order valence-corrected chi connectivity index (χ2v) is 5.20. The van der Waals surface area contributed by atoms with E-state index in [1.807, 2.05) is 23.1 Å². The zero-order valence-corrected chi connectivity index (χ0v) is 11.0. The fraction of sp³-hybridized carbons (Fsp3) is 0.533. The summed E-state index contributed by atoms with van der Waals surface area (Å²) in [5.74, 6) is 0.187.